The van der Waals surface area contributed by atoms with Gasteiger partial charge in [0.2, 0.25) is 5.76 Å². The van der Waals surface area contributed by atoms with Crippen LogP contribution < -0.4 is 11.1 Å². The molecule has 0 fully saturated rings. The van der Waals surface area contributed by atoms with Crippen LogP contribution in [0.5, 0.6) is 0 Å². The van der Waals surface area contributed by atoms with Crippen LogP contribution in [0.3, 0.4) is 0 Å². The predicted molar refractivity (Wildman–Crippen MR) is 107 cm³/mol. The number of nitrogens with one attached hydrogen (secondary N) is 1. The summed E-state index contributed by atoms with van der Waals surface area (Å²) < 4.78 is 37.9. The molecule has 9 heteroatoms. The molecule has 0 saturated heterocycles. The third-order valence-corrected chi connectivity index (χ3v) is 4.49. The summed E-state index contributed by atoms with van der Waals surface area (Å²) in [6, 6.07) is 8.44. The van der Waals surface area contributed by atoms with Crippen molar-refractivity contribution < 1.29 is 27.5 Å². The molecule has 3 aromatic rings. The molecule has 0 aliphatic carbocycles. The number of primary amides is 1. The summed E-state index contributed by atoms with van der Waals surface area (Å²) in [7, 11) is 3.54. The summed E-state index contributed by atoms with van der Waals surface area (Å²) in [6.07, 6.45) is 0. The number of nitrogens with zero attached hydrogens (tertiary/aromatic N) is 1. The molecule has 0 aliphatic heterocycles. The fourth-order valence-corrected chi connectivity index (χ4v) is 3.06. The Hall–Kier alpha value is -3.30. The van der Waals surface area contributed by atoms with E-state index >= 15 is 0 Å². The molecule has 3 N–H and O–H groups in total. The van der Waals surface area contributed by atoms with E-state index in [0.29, 0.717) is 31.3 Å². The van der Waals surface area contributed by atoms with Crippen molar-refractivity contribution in [2.24, 2.45) is 5.73 Å². The SMILES string of the molecule is COCCN(C)Cc1cccc(C(=O)Nc2c(C(N)=O)oc3c(F)cc(F)cc23)c1. The number of ether oxygens (including phenoxy) is 1. The van der Waals surface area contributed by atoms with E-state index in [4.69, 9.17) is 14.9 Å². The lowest BCUT2D eigenvalue weighted by molar-refractivity contribution is 0.0977. The number of likely N-dealkylation sites (N-methyl/N-ethyl adjacent to an activating group) is 1. The minimum atomic E-state index is -1.02. The number of nitrogens with two attached hydrogens (primary N) is 1. The minimum absolute atomic E-state index is 0.0925. The van der Waals surface area contributed by atoms with E-state index in [1.807, 2.05) is 18.0 Å². The Bertz CT molecular complexity index is 1100. The number of anilines is 1. The molecule has 2 aromatic carbocycles. The number of carbonyl (C=O) groups excluding carboxylic acids is 2. The molecule has 158 valence electrons. The summed E-state index contributed by atoms with van der Waals surface area (Å²) in [5, 5.41) is 2.41. The van der Waals surface area contributed by atoms with Crippen LogP contribution in [0.1, 0.15) is 26.5 Å². The third-order valence-electron chi connectivity index (χ3n) is 4.49. The highest BCUT2D eigenvalue weighted by molar-refractivity contribution is 6.14. The van der Waals surface area contributed by atoms with E-state index in [0.717, 1.165) is 11.6 Å². The maximum absolute atomic E-state index is 14.0. The average Bonchev–Trinajstić information content (AvgIpc) is 3.05. The number of hydrogen-bond donors (Lipinski definition) is 2. The number of rotatable bonds is 8. The average molecular weight is 417 g/mol. The minimum Gasteiger partial charge on any atom is -0.446 e. The van der Waals surface area contributed by atoms with Gasteiger partial charge < -0.3 is 20.2 Å². The molecule has 0 radical (unpaired) electrons. The number of carbonyl (C=O) groups is 2. The van der Waals surface area contributed by atoms with Crippen LogP contribution in [0.15, 0.2) is 40.8 Å². The standard InChI is InChI=1S/C21H21F2N3O4/c1-26(6-7-29-2)11-12-4-3-5-13(8-12)21(28)25-17-15-9-14(22)10-16(23)18(15)30-19(17)20(24)27/h3-5,8-10H,6-7,11H2,1-2H3,(H2,24,27)(H,25,28). The number of hydrogen-bond acceptors (Lipinski definition) is 5. The Labute approximate surface area is 171 Å². The van der Waals surface area contributed by atoms with Crippen molar-refractivity contribution in [3.8, 4) is 0 Å². The van der Waals surface area contributed by atoms with Gasteiger partial charge in [0.15, 0.2) is 11.4 Å². The van der Waals surface area contributed by atoms with Crippen LogP contribution in [-0.2, 0) is 11.3 Å². The molecular weight excluding hydrogens is 396 g/mol. The van der Waals surface area contributed by atoms with Crippen molar-refractivity contribution in [1.82, 2.24) is 4.90 Å². The van der Waals surface area contributed by atoms with Gasteiger partial charge in [0.25, 0.3) is 11.8 Å². The van der Waals surface area contributed by atoms with Gasteiger partial charge in [0.05, 0.1) is 12.0 Å². The number of halogens is 2. The van der Waals surface area contributed by atoms with Crippen molar-refractivity contribution >= 4 is 28.5 Å². The highest BCUT2D eigenvalue weighted by atomic mass is 19.1. The second-order valence-electron chi connectivity index (χ2n) is 6.82. The molecule has 3 rings (SSSR count). The highest BCUT2D eigenvalue weighted by Gasteiger charge is 2.24. The summed E-state index contributed by atoms with van der Waals surface area (Å²) in [5.41, 5.74) is 5.92. The van der Waals surface area contributed by atoms with Gasteiger partial charge in [0.1, 0.15) is 11.5 Å². The number of methoxy groups -OCH3 is 1. The molecule has 7 nitrogen and oxygen atoms in total. The van der Waals surface area contributed by atoms with E-state index in [-0.39, 0.29) is 16.7 Å². The Morgan fingerprint density at radius 2 is 2.00 bits per heavy atom. The molecule has 0 saturated carbocycles. The third kappa shape index (κ3) is 4.64. The Morgan fingerprint density at radius 1 is 1.23 bits per heavy atom. The first-order valence-corrected chi connectivity index (χ1v) is 9.09. The molecule has 0 aliphatic rings. The summed E-state index contributed by atoms with van der Waals surface area (Å²) >= 11 is 0. The molecule has 1 heterocycles. The topological polar surface area (TPSA) is 97.8 Å². The summed E-state index contributed by atoms with van der Waals surface area (Å²) in [5.74, 6) is -3.94. The maximum atomic E-state index is 14.0. The zero-order valence-corrected chi connectivity index (χ0v) is 16.5. The molecule has 30 heavy (non-hydrogen) atoms. The second-order valence-corrected chi connectivity index (χ2v) is 6.82. The Morgan fingerprint density at radius 3 is 2.70 bits per heavy atom. The van der Waals surface area contributed by atoms with Gasteiger partial charge in [0, 0.05) is 31.8 Å². The van der Waals surface area contributed by atoms with E-state index in [9.17, 15) is 18.4 Å². The largest absolute Gasteiger partial charge is 0.446 e. The van der Waals surface area contributed by atoms with Crippen LogP contribution in [0.4, 0.5) is 14.5 Å². The van der Waals surface area contributed by atoms with Crippen LogP contribution in [0.25, 0.3) is 11.0 Å². The summed E-state index contributed by atoms with van der Waals surface area (Å²) in [6.45, 7) is 1.88. The summed E-state index contributed by atoms with van der Waals surface area (Å²) in [4.78, 5) is 26.5. The first-order chi connectivity index (χ1) is 14.3. The molecule has 0 atom stereocenters. The van der Waals surface area contributed by atoms with Gasteiger partial charge in [-0.25, -0.2) is 8.78 Å². The normalized spacial score (nSPS) is 11.2. The van der Waals surface area contributed by atoms with Crippen LogP contribution in [-0.4, -0.2) is 44.0 Å². The number of fused-ring (bicyclic) bond motifs is 1. The van der Waals surface area contributed by atoms with Gasteiger partial charge in [-0.2, -0.15) is 0 Å². The predicted octanol–water partition coefficient (Wildman–Crippen LogP) is 3.14. The number of amides is 2. The van der Waals surface area contributed by atoms with Crippen LogP contribution >= 0.6 is 0 Å². The van der Waals surface area contributed by atoms with Gasteiger partial charge in [-0.3, -0.25) is 14.5 Å². The van der Waals surface area contributed by atoms with Crippen molar-refractivity contribution in [3.63, 3.8) is 0 Å². The highest BCUT2D eigenvalue weighted by Crippen LogP contribution is 2.33. The lowest BCUT2D eigenvalue weighted by Gasteiger charge is -2.16. The Balaban J connectivity index is 1.89. The van der Waals surface area contributed by atoms with Gasteiger partial charge >= 0.3 is 0 Å². The lowest BCUT2D eigenvalue weighted by atomic mass is 10.1. The van der Waals surface area contributed by atoms with Crippen molar-refractivity contribution in [2.75, 3.05) is 32.6 Å². The zero-order valence-electron chi connectivity index (χ0n) is 16.5. The zero-order chi connectivity index (χ0) is 21.8. The number of benzene rings is 2. The van der Waals surface area contributed by atoms with E-state index in [1.54, 1.807) is 25.3 Å². The molecule has 2 amide bonds. The quantitative estimate of drug-likeness (QED) is 0.587. The fourth-order valence-electron chi connectivity index (χ4n) is 3.06. The smallest absolute Gasteiger partial charge is 0.286 e. The first kappa shape index (κ1) is 21.4. The second kappa shape index (κ2) is 9.02. The Kier molecular flexibility index (Phi) is 6.43. The van der Waals surface area contributed by atoms with Gasteiger partial charge in [-0.05, 0) is 30.8 Å². The van der Waals surface area contributed by atoms with Crippen LogP contribution in [0.2, 0.25) is 0 Å². The number of furan rings is 1. The molecule has 0 spiro atoms. The van der Waals surface area contributed by atoms with Crippen molar-refractivity contribution in [3.05, 3.63) is 64.9 Å². The van der Waals surface area contributed by atoms with Gasteiger partial charge in [-0.1, -0.05) is 12.1 Å². The molecule has 1 aromatic heterocycles. The molecular formula is C21H21F2N3O4. The molecule has 0 unspecified atom stereocenters. The molecule has 0 bridgehead atoms. The fraction of sp³-hybridized carbons (Fsp3) is 0.238. The van der Waals surface area contributed by atoms with Crippen molar-refractivity contribution in [1.29, 1.82) is 0 Å². The van der Waals surface area contributed by atoms with E-state index < -0.39 is 29.2 Å². The van der Waals surface area contributed by atoms with E-state index in [1.165, 1.54) is 0 Å². The maximum Gasteiger partial charge on any atom is 0.286 e. The van der Waals surface area contributed by atoms with Crippen molar-refractivity contribution in [2.45, 2.75) is 6.54 Å². The van der Waals surface area contributed by atoms with E-state index in [2.05, 4.69) is 5.32 Å². The monoisotopic (exact) mass is 417 g/mol. The lowest BCUT2D eigenvalue weighted by Crippen LogP contribution is -2.22. The van der Waals surface area contributed by atoms with Gasteiger partial charge in [-0.15, -0.1) is 0 Å². The van der Waals surface area contributed by atoms with Crippen LogP contribution in [0, 0.1) is 11.6 Å². The first-order valence-electron chi connectivity index (χ1n) is 9.09.